The van der Waals surface area contributed by atoms with Crippen molar-refractivity contribution in [2.75, 3.05) is 4.90 Å². The Labute approximate surface area is 290 Å². The van der Waals surface area contributed by atoms with E-state index in [1.54, 1.807) is 0 Å². The van der Waals surface area contributed by atoms with Crippen LogP contribution in [0.15, 0.2) is 188 Å². The zero-order valence-corrected chi connectivity index (χ0v) is 27.2. The standard InChI is InChI=1S/C47H31N3/c1-2-10-32(11-3-1)33-19-24-37(25-20-33)49(38-26-21-34(22-27-38)44-17-6-7-29-48-44)39-13-8-12-35(30-39)36-23-28-46-43(31-36)42-16-9-15-41-40-14-4-5-18-45(40)50(46)47(41)42/h1-31H. The molecule has 3 nitrogen and oxygen atoms in total. The molecular weight excluding hydrogens is 607 g/mol. The zero-order chi connectivity index (χ0) is 33.0. The van der Waals surface area contributed by atoms with Crippen molar-refractivity contribution in [3.63, 3.8) is 0 Å². The number of benzene rings is 7. The predicted molar refractivity (Wildman–Crippen MR) is 210 cm³/mol. The summed E-state index contributed by atoms with van der Waals surface area (Å²) in [5.41, 5.74) is 13.9. The summed E-state index contributed by atoms with van der Waals surface area (Å²) in [4.78, 5) is 6.91. The molecule has 0 amide bonds. The molecule has 0 aliphatic heterocycles. The lowest BCUT2D eigenvalue weighted by Crippen LogP contribution is -2.10. The van der Waals surface area contributed by atoms with Gasteiger partial charge in [-0.05, 0) is 89.0 Å². The van der Waals surface area contributed by atoms with Gasteiger partial charge in [0, 0.05) is 50.4 Å². The summed E-state index contributed by atoms with van der Waals surface area (Å²) >= 11 is 0. The fourth-order valence-corrected chi connectivity index (χ4v) is 7.63. The Hall–Kier alpha value is -6.71. The molecule has 234 valence electrons. The Morgan fingerprint density at radius 2 is 0.940 bits per heavy atom. The molecule has 0 radical (unpaired) electrons. The zero-order valence-electron chi connectivity index (χ0n) is 27.2. The molecule has 3 aromatic heterocycles. The van der Waals surface area contributed by atoms with Gasteiger partial charge in [0.05, 0.1) is 22.2 Å². The Balaban J connectivity index is 1.09. The van der Waals surface area contributed by atoms with Crippen LogP contribution in [0, 0.1) is 0 Å². The van der Waals surface area contributed by atoms with Crippen LogP contribution in [0.5, 0.6) is 0 Å². The fourth-order valence-electron chi connectivity index (χ4n) is 7.63. The van der Waals surface area contributed by atoms with E-state index in [-0.39, 0.29) is 0 Å². The van der Waals surface area contributed by atoms with Crippen LogP contribution < -0.4 is 4.90 Å². The molecule has 0 atom stereocenters. The van der Waals surface area contributed by atoms with Crippen LogP contribution in [0.2, 0.25) is 0 Å². The maximum absolute atomic E-state index is 4.57. The van der Waals surface area contributed by atoms with Crippen LogP contribution in [0.1, 0.15) is 0 Å². The van der Waals surface area contributed by atoms with E-state index < -0.39 is 0 Å². The summed E-state index contributed by atoms with van der Waals surface area (Å²) in [6.07, 6.45) is 1.84. The summed E-state index contributed by atoms with van der Waals surface area (Å²) in [7, 11) is 0. The molecule has 0 fully saturated rings. The largest absolute Gasteiger partial charge is 0.310 e. The Bertz CT molecular complexity index is 2700. The molecule has 0 spiro atoms. The first-order valence-electron chi connectivity index (χ1n) is 17.0. The summed E-state index contributed by atoms with van der Waals surface area (Å²) in [5, 5.41) is 5.18. The highest BCUT2D eigenvalue weighted by atomic mass is 15.1. The van der Waals surface area contributed by atoms with Crippen LogP contribution in [-0.4, -0.2) is 9.38 Å². The number of nitrogens with zero attached hydrogens (tertiary/aromatic N) is 3. The van der Waals surface area contributed by atoms with Crippen LogP contribution in [0.4, 0.5) is 17.1 Å². The lowest BCUT2D eigenvalue weighted by atomic mass is 10.0. The number of para-hydroxylation sites is 2. The van der Waals surface area contributed by atoms with Crippen molar-refractivity contribution in [3.05, 3.63) is 188 Å². The van der Waals surface area contributed by atoms with Crippen molar-refractivity contribution in [1.29, 1.82) is 0 Å². The van der Waals surface area contributed by atoms with E-state index in [9.17, 15) is 0 Å². The van der Waals surface area contributed by atoms with Gasteiger partial charge in [0.25, 0.3) is 0 Å². The number of anilines is 3. The van der Waals surface area contributed by atoms with Gasteiger partial charge in [-0.2, -0.15) is 0 Å². The van der Waals surface area contributed by atoms with Crippen molar-refractivity contribution >= 4 is 55.2 Å². The van der Waals surface area contributed by atoms with Crippen LogP contribution >= 0.6 is 0 Å². The predicted octanol–water partition coefficient (Wildman–Crippen LogP) is 12.7. The molecule has 0 unspecified atom stereocenters. The van der Waals surface area contributed by atoms with E-state index in [2.05, 4.69) is 184 Å². The molecule has 0 saturated heterocycles. The van der Waals surface area contributed by atoms with Crippen molar-refractivity contribution in [2.45, 2.75) is 0 Å². The Morgan fingerprint density at radius 1 is 0.360 bits per heavy atom. The van der Waals surface area contributed by atoms with Gasteiger partial charge in [-0.3, -0.25) is 4.98 Å². The molecule has 10 aromatic rings. The van der Waals surface area contributed by atoms with Crippen LogP contribution in [-0.2, 0) is 0 Å². The van der Waals surface area contributed by atoms with Gasteiger partial charge in [0.15, 0.2) is 0 Å². The monoisotopic (exact) mass is 637 g/mol. The summed E-state index contributed by atoms with van der Waals surface area (Å²) in [5.74, 6) is 0. The molecule has 7 aromatic carbocycles. The highest BCUT2D eigenvalue weighted by molar-refractivity contribution is 6.23. The maximum atomic E-state index is 4.57. The van der Waals surface area contributed by atoms with Gasteiger partial charge in [0.1, 0.15) is 0 Å². The first-order valence-corrected chi connectivity index (χ1v) is 17.0. The minimum Gasteiger partial charge on any atom is -0.310 e. The van der Waals surface area contributed by atoms with Crippen molar-refractivity contribution in [1.82, 2.24) is 9.38 Å². The van der Waals surface area contributed by atoms with Crippen LogP contribution in [0.3, 0.4) is 0 Å². The average molecular weight is 638 g/mol. The fraction of sp³-hybridized carbons (Fsp3) is 0. The summed E-state index contributed by atoms with van der Waals surface area (Å²) in [6, 6.07) is 65.4. The molecule has 0 bridgehead atoms. The second-order valence-corrected chi connectivity index (χ2v) is 12.8. The number of fused-ring (bicyclic) bond motifs is 6. The molecule has 0 saturated carbocycles. The first-order chi connectivity index (χ1) is 24.8. The number of hydrogen-bond donors (Lipinski definition) is 0. The lowest BCUT2D eigenvalue weighted by molar-refractivity contribution is 1.28. The maximum Gasteiger partial charge on any atom is 0.0701 e. The molecule has 50 heavy (non-hydrogen) atoms. The third kappa shape index (κ3) is 4.56. The number of aromatic nitrogens is 2. The molecule has 3 heteroatoms. The summed E-state index contributed by atoms with van der Waals surface area (Å²) in [6.45, 7) is 0. The number of pyridine rings is 1. The van der Waals surface area contributed by atoms with Crippen molar-refractivity contribution in [3.8, 4) is 33.5 Å². The van der Waals surface area contributed by atoms with E-state index in [0.717, 1.165) is 28.3 Å². The number of rotatable bonds is 6. The molecule has 3 heterocycles. The van der Waals surface area contributed by atoms with Gasteiger partial charge >= 0.3 is 0 Å². The minimum absolute atomic E-state index is 0.965. The molecule has 0 N–H and O–H groups in total. The van der Waals surface area contributed by atoms with Crippen LogP contribution in [0.25, 0.3) is 71.6 Å². The van der Waals surface area contributed by atoms with E-state index in [1.807, 2.05) is 18.3 Å². The third-order valence-electron chi connectivity index (χ3n) is 9.98. The topological polar surface area (TPSA) is 20.5 Å². The normalized spacial score (nSPS) is 11.6. The smallest absolute Gasteiger partial charge is 0.0701 e. The molecule has 10 rings (SSSR count). The van der Waals surface area contributed by atoms with Gasteiger partial charge < -0.3 is 9.30 Å². The van der Waals surface area contributed by atoms with E-state index in [4.69, 9.17) is 0 Å². The minimum atomic E-state index is 0.965. The highest BCUT2D eigenvalue weighted by Gasteiger charge is 2.18. The quantitative estimate of drug-likeness (QED) is 0.181. The molecular formula is C47H31N3. The molecule has 0 aliphatic carbocycles. The van der Waals surface area contributed by atoms with E-state index >= 15 is 0 Å². The second kappa shape index (κ2) is 11.5. The number of hydrogen-bond acceptors (Lipinski definition) is 2. The highest BCUT2D eigenvalue weighted by Crippen LogP contribution is 2.42. The lowest BCUT2D eigenvalue weighted by Gasteiger charge is -2.26. The Kier molecular flexibility index (Phi) is 6.49. The van der Waals surface area contributed by atoms with Gasteiger partial charge in [0.2, 0.25) is 0 Å². The van der Waals surface area contributed by atoms with E-state index in [1.165, 1.54) is 60.3 Å². The SMILES string of the molecule is c1ccc(-c2ccc(N(c3ccc(-c4ccccn4)cc3)c3cccc(-c4ccc5c(c4)c4cccc6c7ccccc7n5c64)c3)cc2)cc1. The van der Waals surface area contributed by atoms with Crippen molar-refractivity contribution < 1.29 is 0 Å². The first kappa shape index (κ1) is 28.3. The third-order valence-corrected chi connectivity index (χ3v) is 9.98. The second-order valence-electron chi connectivity index (χ2n) is 12.8. The van der Waals surface area contributed by atoms with Gasteiger partial charge in [-0.25, -0.2) is 0 Å². The Morgan fingerprint density at radius 3 is 1.72 bits per heavy atom. The van der Waals surface area contributed by atoms with E-state index in [0.29, 0.717) is 0 Å². The molecule has 0 aliphatic rings. The average Bonchev–Trinajstić information content (AvgIpc) is 3.72. The van der Waals surface area contributed by atoms with Crippen molar-refractivity contribution in [2.24, 2.45) is 0 Å². The van der Waals surface area contributed by atoms with Gasteiger partial charge in [-0.15, -0.1) is 0 Å². The summed E-state index contributed by atoms with van der Waals surface area (Å²) < 4.78 is 2.44. The van der Waals surface area contributed by atoms with Gasteiger partial charge in [-0.1, -0.05) is 115 Å².